The van der Waals surface area contributed by atoms with E-state index in [1.165, 1.54) is 13.3 Å². The Balaban J connectivity index is 1.65. The zero-order valence-electron chi connectivity index (χ0n) is 18.1. The molecule has 33 heavy (non-hydrogen) atoms. The summed E-state index contributed by atoms with van der Waals surface area (Å²) >= 11 is 0. The van der Waals surface area contributed by atoms with Gasteiger partial charge in [0.25, 0.3) is 5.56 Å². The summed E-state index contributed by atoms with van der Waals surface area (Å²) in [4.78, 5) is 68.2. The topological polar surface area (TPSA) is 211 Å². The number of carboxylic acid groups (broad SMARTS) is 1. The Labute approximate surface area is 187 Å². The van der Waals surface area contributed by atoms with Crippen molar-refractivity contribution in [3.05, 3.63) is 23.0 Å². The zero-order chi connectivity index (χ0) is 24.4. The Morgan fingerprint density at radius 1 is 1.21 bits per heavy atom. The number of alkyl carbamates (subject to hydrolysis) is 1. The number of fused-ring (bicyclic) bond motifs is 1. The highest BCUT2D eigenvalue weighted by Gasteiger charge is 2.23. The summed E-state index contributed by atoms with van der Waals surface area (Å²) in [6.07, 6.45) is 3.62. The van der Waals surface area contributed by atoms with E-state index in [-0.39, 0.29) is 30.5 Å². The number of hydrogen-bond donors (Lipinski definition) is 5. The highest BCUT2D eigenvalue weighted by molar-refractivity contribution is 5.90. The Morgan fingerprint density at radius 3 is 2.67 bits per heavy atom. The predicted octanol–water partition coefficient (Wildman–Crippen LogP) is -0.760. The smallest absolute Gasteiger partial charge is 0.407 e. The number of carbonyl (C=O) groups excluding carboxylic acids is 3. The van der Waals surface area contributed by atoms with E-state index in [1.54, 1.807) is 10.9 Å². The maximum absolute atomic E-state index is 12.1. The number of aromatic amines is 1. The number of carboxylic acids is 1. The second-order valence-corrected chi connectivity index (χ2v) is 7.30. The first-order valence-corrected chi connectivity index (χ1v) is 10.3. The van der Waals surface area contributed by atoms with Crippen LogP contribution in [0, 0.1) is 0 Å². The molecule has 0 radical (unpaired) electrons. The normalized spacial score (nSPS) is 12.6. The summed E-state index contributed by atoms with van der Waals surface area (Å²) in [5.41, 5.74) is 5.64. The number of aliphatic carboxylic acids is 1. The highest BCUT2D eigenvalue weighted by Crippen LogP contribution is 2.07. The van der Waals surface area contributed by atoms with Crippen LogP contribution in [0.1, 0.15) is 39.0 Å². The highest BCUT2D eigenvalue weighted by atomic mass is 16.5. The fourth-order valence-corrected chi connectivity index (χ4v) is 2.92. The molecule has 180 valence electrons. The van der Waals surface area contributed by atoms with Crippen molar-refractivity contribution in [1.82, 2.24) is 30.2 Å². The molecule has 0 aromatic carbocycles. The lowest BCUT2D eigenvalue weighted by atomic mass is 10.1. The molecule has 0 saturated carbocycles. The van der Waals surface area contributed by atoms with Gasteiger partial charge in [0, 0.05) is 13.0 Å². The van der Waals surface area contributed by atoms with Crippen LogP contribution in [-0.4, -0.2) is 67.2 Å². The number of rotatable bonds is 13. The number of ether oxygens (including phenoxy) is 1. The predicted molar refractivity (Wildman–Crippen MR) is 114 cm³/mol. The zero-order valence-corrected chi connectivity index (χ0v) is 18.1. The number of unbranched alkanes of at least 4 members (excludes halogenated alkanes) is 2. The van der Waals surface area contributed by atoms with Crippen LogP contribution in [0.15, 0.2) is 17.4 Å². The lowest BCUT2D eigenvalue weighted by Gasteiger charge is -2.18. The lowest BCUT2D eigenvalue weighted by molar-refractivity contribution is -0.137. The van der Waals surface area contributed by atoms with Gasteiger partial charge in [0.2, 0.25) is 11.8 Å². The molecule has 0 fully saturated rings. The van der Waals surface area contributed by atoms with Gasteiger partial charge in [-0.2, -0.15) is 0 Å². The Bertz CT molecular complexity index is 1050. The second kappa shape index (κ2) is 12.2. The number of nitrogens with one attached hydrogen (secondary N) is 3. The number of carbonyl (C=O) groups is 4. The summed E-state index contributed by atoms with van der Waals surface area (Å²) < 4.78 is 6.81. The molecule has 0 aliphatic rings. The van der Waals surface area contributed by atoms with Crippen molar-refractivity contribution in [2.75, 3.05) is 6.61 Å². The molecule has 3 amide bonds. The summed E-state index contributed by atoms with van der Waals surface area (Å²) in [5.74, 6) is -2.69. The van der Waals surface area contributed by atoms with Crippen molar-refractivity contribution in [3.63, 3.8) is 0 Å². The first-order valence-electron chi connectivity index (χ1n) is 10.3. The van der Waals surface area contributed by atoms with Gasteiger partial charge in [0.05, 0.1) is 19.3 Å². The van der Waals surface area contributed by atoms with E-state index in [4.69, 9.17) is 15.6 Å². The average molecular weight is 465 g/mol. The summed E-state index contributed by atoms with van der Waals surface area (Å²) in [6.45, 7) is 2.12. The molecular formula is C19H27N7O7. The second-order valence-electron chi connectivity index (χ2n) is 7.30. The molecule has 2 rings (SSSR count). The van der Waals surface area contributed by atoms with E-state index in [2.05, 4.69) is 25.6 Å². The van der Waals surface area contributed by atoms with E-state index in [0.29, 0.717) is 18.6 Å². The summed E-state index contributed by atoms with van der Waals surface area (Å²) in [5, 5.41) is 13.3. The van der Waals surface area contributed by atoms with Gasteiger partial charge < -0.3 is 35.8 Å². The van der Waals surface area contributed by atoms with Crippen molar-refractivity contribution in [2.24, 2.45) is 5.73 Å². The van der Waals surface area contributed by atoms with E-state index in [1.807, 2.05) is 0 Å². The maximum atomic E-state index is 12.1. The molecular weight excluding hydrogens is 438 g/mol. The fraction of sp³-hybridized carbons (Fsp3) is 0.526. The van der Waals surface area contributed by atoms with Gasteiger partial charge >= 0.3 is 12.1 Å². The van der Waals surface area contributed by atoms with Crippen LogP contribution in [-0.2, 0) is 25.7 Å². The van der Waals surface area contributed by atoms with Gasteiger partial charge in [-0.1, -0.05) is 0 Å². The molecule has 0 bridgehead atoms. The molecule has 2 heterocycles. The number of imidazole rings is 1. The SMILES string of the molecule is C[C@H](NC(=O)OCCCCCn1cnc2c(=O)[nH]cnc21)C(=O)N[C@@H](CCC(=O)O)C(N)=O. The van der Waals surface area contributed by atoms with Crippen LogP contribution in [0.2, 0.25) is 0 Å². The Morgan fingerprint density at radius 2 is 1.97 bits per heavy atom. The Hall–Kier alpha value is -3.97. The summed E-state index contributed by atoms with van der Waals surface area (Å²) in [6, 6.07) is -2.18. The monoisotopic (exact) mass is 465 g/mol. The molecule has 6 N–H and O–H groups in total. The number of H-pyrrole nitrogens is 1. The van der Waals surface area contributed by atoms with Crippen LogP contribution in [0.4, 0.5) is 4.79 Å². The van der Waals surface area contributed by atoms with E-state index in [9.17, 15) is 24.0 Å². The van der Waals surface area contributed by atoms with Crippen molar-refractivity contribution in [1.29, 1.82) is 0 Å². The van der Waals surface area contributed by atoms with Crippen molar-refractivity contribution < 1.29 is 29.0 Å². The minimum Gasteiger partial charge on any atom is -0.481 e. The molecule has 0 unspecified atom stereocenters. The lowest BCUT2D eigenvalue weighted by Crippen LogP contribution is -2.52. The van der Waals surface area contributed by atoms with Gasteiger partial charge in [0.1, 0.15) is 12.1 Å². The number of aromatic nitrogens is 4. The van der Waals surface area contributed by atoms with E-state index < -0.39 is 36.0 Å². The van der Waals surface area contributed by atoms with Crippen LogP contribution in [0.25, 0.3) is 11.2 Å². The van der Waals surface area contributed by atoms with Crippen LogP contribution in [0.3, 0.4) is 0 Å². The van der Waals surface area contributed by atoms with Gasteiger partial charge in [0.15, 0.2) is 11.2 Å². The maximum Gasteiger partial charge on any atom is 0.407 e. The molecule has 0 aliphatic heterocycles. The standard InChI is InChI=1S/C19H27N7O7/c1-11(17(30)25-12(15(20)29)5-6-13(27)28)24-19(32)33-8-4-2-3-7-26-10-23-14-16(26)21-9-22-18(14)31/h9-12H,2-8H2,1H3,(H2,20,29)(H,24,32)(H,25,30)(H,27,28)(H,21,22,31)/t11-,12-/m0/s1. The van der Waals surface area contributed by atoms with Gasteiger partial charge in [-0.25, -0.2) is 14.8 Å². The first-order chi connectivity index (χ1) is 15.7. The number of aryl methyl sites for hydroxylation is 1. The van der Waals surface area contributed by atoms with Gasteiger partial charge in [-0.15, -0.1) is 0 Å². The van der Waals surface area contributed by atoms with Gasteiger partial charge in [-0.05, 0) is 32.6 Å². The minimum atomic E-state index is -1.16. The van der Waals surface area contributed by atoms with E-state index in [0.717, 1.165) is 12.8 Å². The quantitative estimate of drug-likeness (QED) is 0.235. The van der Waals surface area contributed by atoms with Crippen LogP contribution >= 0.6 is 0 Å². The van der Waals surface area contributed by atoms with Gasteiger partial charge in [-0.3, -0.25) is 19.2 Å². The van der Waals surface area contributed by atoms with E-state index >= 15 is 0 Å². The first kappa shape index (κ1) is 25.3. The molecule has 2 atom stereocenters. The Kier molecular flexibility index (Phi) is 9.32. The molecule has 0 spiro atoms. The molecule has 2 aromatic rings. The third kappa shape index (κ3) is 7.90. The number of nitrogens with two attached hydrogens (primary N) is 1. The fourth-order valence-electron chi connectivity index (χ4n) is 2.92. The molecule has 14 heteroatoms. The van der Waals surface area contributed by atoms with Crippen LogP contribution in [0.5, 0.6) is 0 Å². The number of primary amides is 1. The number of amides is 3. The average Bonchev–Trinajstić information content (AvgIpc) is 3.17. The molecule has 2 aromatic heterocycles. The van der Waals surface area contributed by atoms with Crippen molar-refractivity contribution in [3.8, 4) is 0 Å². The van der Waals surface area contributed by atoms with Crippen molar-refractivity contribution >= 4 is 35.0 Å². The number of nitrogens with zero attached hydrogens (tertiary/aromatic N) is 3. The largest absolute Gasteiger partial charge is 0.481 e. The third-order valence-corrected chi connectivity index (χ3v) is 4.72. The molecule has 14 nitrogen and oxygen atoms in total. The summed E-state index contributed by atoms with van der Waals surface area (Å²) in [7, 11) is 0. The van der Waals surface area contributed by atoms with Crippen molar-refractivity contribution in [2.45, 2.75) is 57.7 Å². The molecule has 0 saturated heterocycles. The minimum absolute atomic E-state index is 0.130. The third-order valence-electron chi connectivity index (χ3n) is 4.72. The number of hydrogen-bond acceptors (Lipinski definition) is 8. The molecule has 0 aliphatic carbocycles. The van der Waals surface area contributed by atoms with Crippen LogP contribution < -0.4 is 21.9 Å².